The third-order valence-electron chi connectivity index (χ3n) is 3.02. The van der Waals surface area contributed by atoms with Crippen molar-refractivity contribution in [2.24, 2.45) is 5.73 Å². The molecule has 0 bridgehead atoms. The van der Waals surface area contributed by atoms with Gasteiger partial charge < -0.3 is 5.73 Å². The lowest BCUT2D eigenvalue weighted by molar-refractivity contribution is 0.666. The first-order valence-electron chi connectivity index (χ1n) is 6.28. The van der Waals surface area contributed by atoms with Crippen LogP contribution in [0.25, 0.3) is 0 Å². The Bertz CT molecular complexity index is 477. The van der Waals surface area contributed by atoms with Crippen LogP contribution >= 0.6 is 0 Å². The highest BCUT2D eigenvalue weighted by Crippen LogP contribution is 2.17. The highest BCUT2D eigenvalue weighted by Gasteiger charge is 2.09. The Balaban J connectivity index is 2.05. The first-order chi connectivity index (χ1) is 8.66. The van der Waals surface area contributed by atoms with E-state index in [1.54, 1.807) is 18.5 Å². The van der Waals surface area contributed by atoms with Gasteiger partial charge in [0.2, 0.25) is 0 Å². The Hall–Kier alpha value is -1.74. The summed E-state index contributed by atoms with van der Waals surface area (Å²) in [6.45, 7) is 4.39. The van der Waals surface area contributed by atoms with Crippen molar-refractivity contribution in [2.45, 2.75) is 32.2 Å². The minimum absolute atomic E-state index is 0.143. The van der Waals surface area contributed by atoms with E-state index in [1.165, 1.54) is 11.1 Å². The summed E-state index contributed by atoms with van der Waals surface area (Å²) in [5.41, 5.74) is 8.67. The van der Waals surface area contributed by atoms with E-state index in [0.29, 0.717) is 11.7 Å². The maximum Gasteiger partial charge on any atom is 0.145 e. The Morgan fingerprint density at radius 2 is 1.67 bits per heavy atom. The number of benzene rings is 1. The van der Waals surface area contributed by atoms with Crippen LogP contribution in [-0.4, -0.2) is 9.97 Å². The highest BCUT2D eigenvalue weighted by molar-refractivity contribution is 5.25. The van der Waals surface area contributed by atoms with Gasteiger partial charge in [0.25, 0.3) is 0 Å². The average molecular weight is 241 g/mol. The summed E-state index contributed by atoms with van der Waals surface area (Å²) >= 11 is 0. The third-order valence-corrected chi connectivity index (χ3v) is 3.02. The molecule has 2 aromatic rings. The smallest absolute Gasteiger partial charge is 0.145 e. The second-order valence-electron chi connectivity index (χ2n) is 4.81. The Morgan fingerprint density at radius 1 is 1.06 bits per heavy atom. The van der Waals surface area contributed by atoms with Crippen LogP contribution in [0, 0.1) is 0 Å². The van der Waals surface area contributed by atoms with Gasteiger partial charge in [-0.1, -0.05) is 38.1 Å². The average Bonchev–Trinajstić information content (AvgIpc) is 2.40. The van der Waals surface area contributed by atoms with Gasteiger partial charge in [-0.05, 0) is 29.5 Å². The zero-order valence-corrected chi connectivity index (χ0v) is 10.9. The van der Waals surface area contributed by atoms with Gasteiger partial charge in [0, 0.05) is 12.4 Å². The number of rotatable bonds is 4. The van der Waals surface area contributed by atoms with E-state index in [4.69, 9.17) is 5.73 Å². The van der Waals surface area contributed by atoms with Crippen LogP contribution < -0.4 is 5.73 Å². The molecule has 0 saturated carbocycles. The Kier molecular flexibility index (Phi) is 4.05. The molecule has 2 rings (SSSR count). The molecule has 1 heterocycles. The summed E-state index contributed by atoms with van der Waals surface area (Å²) in [6.07, 6.45) is 4.22. The van der Waals surface area contributed by atoms with Crippen molar-refractivity contribution < 1.29 is 0 Å². The molecule has 3 heteroatoms. The van der Waals surface area contributed by atoms with Crippen LogP contribution in [0.2, 0.25) is 0 Å². The lowest BCUT2D eigenvalue weighted by Crippen LogP contribution is -2.16. The van der Waals surface area contributed by atoms with E-state index in [9.17, 15) is 0 Å². The van der Waals surface area contributed by atoms with E-state index in [-0.39, 0.29) is 6.04 Å². The van der Waals surface area contributed by atoms with E-state index in [1.807, 2.05) is 0 Å². The highest BCUT2D eigenvalue weighted by atomic mass is 14.9. The fraction of sp³-hybridized carbons (Fsp3) is 0.333. The minimum atomic E-state index is -0.143. The first kappa shape index (κ1) is 12.7. The lowest BCUT2D eigenvalue weighted by atomic mass is 9.99. The summed E-state index contributed by atoms with van der Waals surface area (Å²) in [7, 11) is 0. The summed E-state index contributed by atoms with van der Waals surface area (Å²) in [5, 5.41) is 0. The van der Waals surface area contributed by atoms with E-state index >= 15 is 0 Å². The quantitative estimate of drug-likeness (QED) is 0.895. The van der Waals surface area contributed by atoms with E-state index < -0.39 is 0 Å². The van der Waals surface area contributed by atoms with Crippen LogP contribution in [0.15, 0.2) is 42.7 Å². The summed E-state index contributed by atoms with van der Waals surface area (Å²) < 4.78 is 0. The zero-order valence-electron chi connectivity index (χ0n) is 10.9. The molecule has 2 N–H and O–H groups in total. The van der Waals surface area contributed by atoms with Gasteiger partial charge in [-0.15, -0.1) is 0 Å². The molecule has 0 spiro atoms. The van der Waals surface area contributed by atoms with Crippen LogP contribution in [0.4, 0.5) is 0 Å². The molecule has 1 unspecified atom stereocenters. The van der Waals surface area contributed by atoms with Crippen molar-refractivity contribution in [1.29, 1.82) is 0 Å². The number of nitrogens with two attached hydrogens (primary N) is 1. The summed E-state index contributed by atoms with van der Waals surface area (Å²) in [5.74, 6) is 1.26. The lowest BCUT2D eigenvalue weighted by Gasteiger charge is -2.11. The summed E-state index contributed by atoms with van der Waals surface area (Å²) in [6, 6.07) is 10.3. The second kappa shape index (κ2) is 5.74. The number of aromatic nitrogens is 2. The van der Waals surface area contributed by atoms with E-state index in [2.05, 4.69) is 48.1 Å². The van der Waals surface area contributed by atoms with Crippen molar-refractivity contribution in [3.05, 3.63) is 59.7 Å². The zero-order chi connectivity index (χ0) is 13.0. The van der Waals surface area contributed by atoms with Crippen molar-refractivity contribution in [3.63, 3.8) is 0 Å². The van der Waals surface area contributed by atoms with Gasteiger partial charge >= 0.3 is 0 Å². The molecule has 0 aliphatic carbocycles. The molecule has 0 radical (unpaired) electrons. The maximum absolute atomic E-state index is 6.10. The molecule has 94 valence electrons. The second-order valence-corrected chi connectivity index (χ2v) is 4.81. The SMILES string of the molecule is CC(C)c1ccc(CC(N)c2ncccn2)cc1. The van der Waals surface area contributed by atoms with Crippen molar-refractivity contribution in [1.82, 2.24) is 9.97 Å². The first-order valence-corrected chi connectivity index (χ1v) is 6.28. The predicted octanol–water partition coefficient (Wildman–Crippen LogP) is 2.84. The molecular weight excluding hydrogens is 222 g/mol. The fourth-order valence-corrected chi connectivity index (χ4v) is 1.89. The molecule has 0 aliphatic rings. The fourth-order valence-electron chi connectivity index (χ4n) is 1.89. The Labute approximate surface area is 108 Å². The number of nitrogens with zero attached hydrogens (tertiary/aromatic N) is 2. The predicted molar refractivity (Wildman–Crippen MR) is 73.2 cm³/mol. The molecule has 0 aliphatic heterocycles. The van der Waals surface area contributed by atoms with Crippen LogP contribution in [0.5, 0.6) is 0 Å². The largest absolute Gasteiger partial charge is 0.321 e. The van der Waals surface area contributed by atoms with Crippen LogP contribution in [-0.2, 0) is 6.42 Å². The van der Waals surface area contributed by atoms with Crippen molar-refractivity contribution >= 4 is 0 Å². The maximum atomic E-state index is 6.10. The minimum Gasteiger partial charge on any atom is -0.321 e. The summed E-state index contributed by atoms with van der Waals surface area (Å²) in [4.78, 5) is 8.37. The molecule has 0 fully saturated rings. The molecule has 0 amide bonds. The molecule has 1 aromatic carbocycles. The van der Waals surface area contributed by atoms with Gasteiger partial charge in [-0.2, -0.15) is 0 Å². The monoisotopic (exact) mass is 241 g/mol. The molecule has 1 aromatic heterocycles. The van der Waals surface area contributed by atoms with Gasteiger partial charge in [-0.3, -0.25) is 0 Å². The topological polar surface area (TPSA) is 51.8 Å². The normalized spacial score (nSPS) is 12.7. The number of hydrogen-bond acceptors (Lipinski definition) is 3. The van der Waals surface area contributed by atoms with Gasteiger partial charge in [0.05, 0.1) is 6.04 Å². The van der Waals surface area contributed by atoms with Gasteiger partial charge in [-0.25, -0.2) is 9.97 Å². The van der Waals surface area contributed by atoms with Crippen LogP contribution in [0.1, 0.15) is 42.8 Å². The molecular formula is C15H19N3. The van der Waals surface area contributed by atoms with Crippen molar-refractivity contribution in [2.75, 3.05) is 0 Å². The number of hydrogen-bond donors (Lipinski definition) is 1. The van der Waals surface area contributed by atoms with Crippen LogP contribution in [0.3, 0.4) is 0 Å². The van der Waals surface area contributed by atoms with Crippen molar-refractivity contribution in [3.8, 4) is 0 Å². The van der Waals surface area contributed by atoms with E-state index in [0.717, 1.165) is 6.42 Å². The molecule has 18 heavy (non-hydrogen) atoms. The standard InChI is InChI=1S/C15H19N3/c1-11(2)13-6-4-12(5-7-13)10-14(16)15-17-8-3-9-18-15/h3-9,11,14H,10,16H2,1-2H3. The molecule has 1 atom stereocenters. The van der Waals surface area contributed by atoms with Gasteiger partial charge in [0.1, 0.15) is 5.82 Å². The molecule has 0 saturated heterocycles. The third kappa shape index (κ3) is 3.14. The molecule has 3 nitrogen and oxygen atoms in total. The Morgan fingerprint density at radius 3 is 2.22 bits per heavy atom. The van der Waals surface area contributed by atoms with Gasteiger partial charge in [0.15, 0.2) is 0 Å².